The third-order valence-electron chi connectivity index (χ3n) is 5.84. The van der Waals surface area contributed by atoms with Gasteiger partial charge in [-0.1, -0.05) is 42.5 Å². The molecular formula is C24H25N3O4. The predicted molar refractivity (Wildman–Crippen MR) is 114 cm³/mol. The zero-order chi connectivity index (χ0) is 21.8. The van der Waals surface area contributed by atoms with E-state index in [4.69, 9.17) is 0 Å². The first-order chi connectivity index (χ1) is 15.0. The smallest absolute Gasteiger partial charge is 0.262 e. The molecule has 0 saturated carbocycles. The van der Waals surface area contributed by atoms with Crippen LogP contribution in [0.15, 0.2) is 54.6 Å². The van der Waals surface area contributed by atoms with Gasteiger partial charge in [-0.05, 0) is 30.5 Å². The number of benzene rings is 2. The van der Waals surface area contributed by atoms with Crippen molar-refractivity contribution in [2.45, 2.75) is 19.3 Å². The third kappa shape index (κ3) is 4.50. The summed E-state index contributed by atoms with van der Waals surface area (Å²) < 4.78 is 0. The van der Waals surface area contributed by atoms with E-state index < -0.39 is 11.8 Å². The van der Waals surface area contributed by atoms with Gasteiger partial charge in [0.25, 0.3) is 11.8 Å². The fourth-order valence-electron chi connectivity index (χ4n) is 4.09. The van der Waals surface area contributed by atoms with Crippen LogP contribution in [0.1, 0.15) is 39.1 Å². The molecule has 31 heavy (non-hydrogen) atoms. The number of amides is 4. The van der Waals surface area contributed by atoms with Gasteiger partial charge in [0.15, 0.2) is 0 Å². The predicted octanol–water partition coefficient (Wildman–Crippen LogP) is 1.98. The van der Waals surface area contributed by atoms with Crippen LogP contribution in [0.2, 0.25) is 0 Å². The van der Waals surface area contributed by atoms with Crippen molar-refractivity contribution in [2.24, 2.45) is 0 Å². The van der Waals surface area contributed by atoms with Crippen molar-refractivity contribution < 1.29 is 19.2 Å². The minimum absolute atomic E-state index is 0.0819. The first kappa shape index (κ1) is 20.8. The minimum Gasteiger partial charge on any atom is -0.341 e. The lowest BCUT2D eigenvalue weighted by atomic mass is 10.1. The van der Waals surface area contributed by atoms with Gasteiger partial charge in [-0.15, -0.1) is 0 Å². The lowest BCUT2D eigenvalue weighted by Gasteiger charge is -2.24. The first-order valence-electron chi connectivity index (χ1n) is 10.6. The van der Waals surface area contributed by atoms with Gasteiger partial charge in [0.1, 0.15) is 6.54 Å². The summed E-state index contributed by atoms with van der Waals surface area (Å²) in [5.74, 6) is -1.05. The van der Waals surface area contributed by atoms with Crippen molar-refractivity contribution in [3.05, 3.63) is 71.3 Å². The van der Waals surface area contributed by atoms with E-state index in [9.17, 15) is 19.2 Å². The van der Waals surface area contributed by atoms with Crippen LogP contribution < -0.4 is 0 Å². The summed E-state index contributed by atoms with van der Waals surface area (Å²) in [4.78, 5) is 54.9. The molecule has 0 spiro atoms. The quantitative estimate of drug-likeness (QED) is 0.695. The zero-order valence-corrected chi connectivity index (χ0v) is 17.3. The molecule has 1 saturated heterocycles. The summed E-state index contributed by atoms with van der Waals surface area (Å²) in [7, 11) is 0. The van der Waals surface area contributed by atoms with Gasteiger partial charge < -0.3 is 9.80 Å². The number of nitrogens with zero attached hydrogens (tertiary/aromatic N) is 3. The van der Waals surface area contributed by atoms with Crippen molar-refractivity contribution in [3.8, 4) is 0 Å². The molecule has 0 aromatic heterocycles. The van der Waals surface area contributed by atoms with E-state index in [1.165, 1.54) is 0 Å². The molecule has 0 bridgehead atoms. The molecule has 1 fully saturated rings. The molecule has 0 atom stereocenters. The van der Waals surface area contributed by atoms with E-state index >= 15 is 0 Å². The highest BCUT2D eigenvalue weighted by molar-refractivity contribution is 6.22. The Morgan fingerprint density at radius 2 is 1.26 bits per heavy atom. The molecule has 4 rings (SSSR count). The summed E-state index contributed by atoms with van der Waals surface area (Å²) in [5.41, 5.74) is 1.81. The standard InChI is InChI=1S/C24H25N3O4/c28-21(12-11-18-7-2-1-3-8-18)25-13-6-14-26(16-15-25)22(29)17-27-23(30)19-9-4-5-10-20(19)24(27)31/h1-5,7-10H,6,11-17H2. The Bertz CT molecular complexity index is 970. The number of hydrogen-bond donors (Lipinski definition) is 0. The average Bonchev–Trinajstić information content (AvgIpc) is 2.97. The highest BCUT2D eigenvalue weighted by atomic mass is 16.2. The van der Waals surface area contributed by atoms with Crippen LogP contribution in [-0.2, 0) is 16.0 Å². The highest BCUT2D eigenvalue weighted by Crippen LogP contribution is 2.22. The molecule has 0 aliphatic carbocycles. The molecule has 0 unspecified atom stereocenters. The lowest BCUT2D eigenvalue weighted by molar-refractivity contribution is -0.133. The molecule has 2 aromatic rings. The van der Waals surface area contributed by atoms with Crippen molar-refractivity contribution >= 4 is 23.6 Å². The largest absolute Gasteiger partial charge is 0.341 e. The average molecular weight is 419 g/mol. The SMILES string of the molecule is O=C(CCc1ccccc1)N1CCCN(C(=O)CN2C(=O)c3ccccc3C2=O)CC1. The Morgan fingerprint density at radius 1 is 0.710 bits per heavy atom. The molecule has 7 heteroatoms. The van der Waals surface area contributed by atoms with Gasteiger partial charge in [0, 0.05) is 32.6 Å². The topological polar surface area (TPSA) is 78.0 Å². The second-order valence-electron chi connectivity index (χ2n) is 7.84. The Kier molecular flexibility index (Phi) is 6.11. The molecule has 0 N–H and O–H groups in total. The Balaban J connectivity index is 1.30. The van der Waals surface area contributed by atoms with Crippen LogP contribution in [0.3, 0.4) is 0 Å². The van der Waals surface area contributed by atoms with Gasteiger partial charge in [-0.25, -0.2) is 0 Å². The zero-order valence-electron chi connectivity index (χ0n) is 17.3. The van der Waals surface area contributed by atoms with E-state index in [2.05, 4.69) is 0 Å². The van der Waals surface area contributed by atoms with E-state index in [-0.39, 0.29) is 18.4 Å². The Morgan fingerprint density at radius 3 is 1.87 bits per heavy atom. The molecule has 4 amide bonds. The maximum atomic E-state index is 12.8. The molecule has 7 nitrogen and oxygen atoms in total. The Labute approximate surface area is 181 Å². The number of carbonyl (C=O) groups excluding carboxylic acids is 4. The summed E-state index contributed by atoms with van der Waals surface area (Å²) in [5, 5.41) is 0. The molecule has 160 valence electrons. The third-order valence-corrected chi connectivity index (χ3v) is 5.84. The van der Waals surface area contributed by atoms with Crippen molar-refractivity contribution in [3.63, 3.8) is 0 Å². The maximum absolute atomic E-state index is 12.8. The molecule has 0 radical (unpaired) electrons. The van der Waals surface area contributed by atoms with Crippen LogP contribution >= 0.6 is 0 Å². The van der Waals surface area contributed by atoms with Crippen LogP contribution in [0, 0.1) is 0 Å². The van der Waals surface area contributed by atoms with Crippen LogP contribution in [-0.4, -0.2) is 71.1 Å². The van der Waals surface area contributed by atoms with Gasteiger partial charge in [0.2, 0.25) is 11.8 Å². The van der Waals surface area contributed by atoms with E-state index in [0.29, 0.717) is 56.6 Å². The summed E-state index contributed by atoms with van der Waals surface area (Å²) in [6.45, 7) is 1.70. The number of fused-ring (bicyclic) bond motifs is 1. The van der Waals surface area contributed by atoms with E-state index in [0.717, 1.165) is 10.5 Å². The maximum Gasteiger partial charge on any atom is 0.262 e. The van der Waals surface area contributed by atoms with Crippen molar-refractivity contribution in [1.29, 1.82) is 0 Å². The van der Waals surface area contributed by atoms with Gasteiger partial charge in [-0.3, -0.25) is 24.1 Å². The summed E-state index contributed by atoms with van der Waals surface area (Å²) in [6, 6.07) is 16.5. The van der Waals surface area contributed by atoms with Crippen LogP contribution in [0.5, 0.6) is 0 Å². The van der Waals surface area contributed by atoms with Crippen LogP contribution in [0.4, 0.5) is 0 Å². The van der Waals surface area contributed by atoms with Gasteiger partial charge in [0.05, 0.1) is 11.1 Å². The summed E-state index contributed by atoms with van der Waals surface area (Å²) >= 11 is 0. The Hall–Kier alpha value is -3.48. The number of aryl methyl sites for hydroxylation is 1. The van der Waals surface area contributed by atoms with Crippen molar-refractivity contribution in [2.75, 3.05) is 32.7 Å². The molecule has 2 aromatic carbocycles. The number of carbonyl (C=O) groups is 4. The second kappa shape index (κ2) is 9.12. The highest BCUT2D eigenvalue weighted by Gasteiger charge is 2.37. The summed E-state index contributed by atoms with van der Waals surface area (Å²) in [6.07, 6.45) is 1.80. The first-order valence-corrected chi connectivity index (χ1v) is 10.6. The van der Waals surface area contributed by atoms with E-state index in [1.807, 2.05) is 30.3 Å². The number of rotatable bonds is 5. The molecule has 2 aliphatic heterocycles. The fraction of sp³-hybridized carbons (Fsp3) is 0.333. The van der Waals surface area contributed by atoms with E-state index in [1.54, 1.807) is 34.1 Å². The normalized spacial score (nSPS) is 16.3. The fourth-order valence-corrected chi connectivity index (χ4v) is 4.09. The van der Waals surface area contributed by atoms with Gasteiger partial charge in [-0.2, -0.15) is 0 Å². The van der Waals surface area contributed by atoms with Gasteiger partial charge >= 0.3 is 0 Å². The molecular weight excluding hydrogens is 394 g/mol. The molecule has 2 aliphatic rings. The minimum atomic E-state index is -0.429. The second-order valence-corrected chi connectivity index (χ2v) is 7.84. The lowest BCUT2D eigenvalue weighted by Crippen LogP contribution is -2.44. The number of hydrogen-bond acceptors (Lipinski definition) is 4. The van der Waals surface area contributed by atoms with Crippen molar-refractivity contribution in [1.82, 2.24) is 14.7 Å². The molecule has 2 heterocycles. The number of imide groups is 1. The van der Waals surface area contributed by atoms with Crippen LogP contribution in [0.25, 0.3) is 0 Å². The monoisotopic (exact) mass is 419 g/mol.